The van der Waals surface area contributed by atoms with Crippen molar-refractivity contribution in [1.82, 2.24) is 14.9 Å². The number of hydrogen-bond donors (Lipinski definition) is 0. The molecule has 0 bridgehead atoms. The molecule has 0 radical (unpaired) electrons. The minimum Gasteiger partial charge on any atom is -0.377 e. The smallest absolute Gasteiger partial charge is 0.154 e. The van der Waals surface area contributed by atoms with E-state index >= 15 is 0 Å². The first-order chi connectivity index (χ1) is 10.8. The zero-order valence-electron chi connectivity index (χ0n) is 13.8. The highest BCUT2D eigenvalue weighted by molar-refractivity contribution is 5.10. The van der Waals surface area contributed by atoms with Crippen LogP contribution >= 0.6 is 0 Å². The lowest BCUT2D eigenvalue weighted by molar-refractivity contribution is 0.158. The van der Waals surface area contributed by atoms with Crippen molar-refractivity contribution in [3.8, 4) is 0 Å². The van der Waals surface area contributed by atoms with E-state index in [9.17, 15) is 0 Å². The Labute approximate surface area is 134 Å². The van der Waals surface area contributed by atoms with Crippen LogP contribution in [0.15, 0.2) is 12.3 Å². The molecule has 1 atom stereocenters. The summed E-state index contributed by atoms with van der Waals surface area (Å²) in [5.41, 5.74) is 1.20. The minimum absolute atomic E-state index is 0.506. The van der Waals surface area contributed by atoms with Crippen LogP contribution in [0.1, 0.15) is 62.4 Å². The van der Waals surface area contributed by atoms with Crippen LogP contribution in [0.2, 0.25) is 0 Å². The van der Waals surface area contributed by atoms with Crippen molar-refractivity contribution in [2.24, 2.45) is 5.92 Å². The van der Waals surface area contributed by atoms with Gasteiger partial charge in [-0.05, 0) is 44.2 Å². The predicted molar refractivity (Wildman–Crippen MR) is 87.7 cm³/mol. The van der Waals surface area contributed by atoms with Gasteiger partial charge in [-0.15, -0.1) is 0 Å². The molecule has 1 saturated carbocycles. The first-order valence-electron chi connectivity index (χ1n) is 8.88. The molecule has 1 aromatic heterocycles. The first kappa shape index (κ1) is 15.9. The molecule has 0 N–H and O–H groups in total. The van der Waals surface area contributed by atoms with Crippen LogP contribution in [0.3, 0.4) is 0 Å². The van der Waals surface area contributed by atoms with Crippen LogP contribution in [0.4, 0.5) is 0 Å². The van der Waals surface area contributed by atoms with Crippen LogP contribution in [-0.4, -0.2) is 41.6 Å². The van der Waals surface area contributed by atoms with E-state index in [-0.39, 0.29) is 0 Å². The predicted octanol–water partition coefficient (Wildman–Crippen LogP) is 3.38. The molecule has 0 spiro atoms. The first-order valence-corrected chi connectivity index (χ1v) is 8.88. The summed E-state index contributed by atoms with van der Waals surface area (Å²) in [6.07, 6.45) is 11.6. The third-order valence-corrected chi connectivity index (χ3v) is 5.17. The van der Waals surface area contributed by atoms with Gasteiger partial charge < -0.3 is 9.64 Å². The highest BCUT2D eigenvalue weighted by atomic mass is 16.5. The van der Waals surface area contributed by atoms with E-state index in [0.29, 0.717) is 12.5 Å². The van der Waals surface area contributed by atoms with Crippen LogP contribution in [0, 0.1) is 5.92 Å². The van der Waals surface area contributed by atoms with Gasteiger partial charge in [-0.3, -0.25) is 0 Å². The molecule has 122 valence electrons. The average molecular weight is 303 g/mol. The summed E-state index contributed by atoms with van der Waals surface area (Å²) < 4.78 is 5.16. The van der Waals surface area contributed by atoms with Crippen molar-refractivity contribution in [3.05, 3.63) is 23.8 Å². The highest BCUT2D eigenvalue weighted by Crippen LogP contribution is 2.29. The zero-order valence-corrected chi connectivity index (χ0v) is 13.8. The normalized spacial score (nSPS) is 24.5. The number of piperidine rings is 1. The van der Waals surface area contributed by atoms with Crippen LogP contribution in [0.5, 0.6) is 0 Å². The zero-order chi connectivity index (χ0) is 15.2. The molecule has 1 aliphatic carbocycles. The fraction of sp³-hybridized carbons (Fsp3) is 0.778. The second kappa shape index (κ2) is 8.02. The Hall–Kier alpha value is -1.00. The van der Waals surface area contributed by atoms with Gasteiger partial charge in [0, 0.05) is 38.0 Å². The van der Waals surface area contributed by atoms with Gasteiger partial charge in [0.1, 0.15) is 6.61 Å². The number of ether oxygens (including phenoxy) is 1. The fourth-order valence-corrected chi connectivity index (χ4v) is 4.04. The number of nitrogens with zero attached hydrogens (tertiary/aromatic N) is 3. The Morgan fingerprint density at radius 3 is 2.86 bits per heavy atom. The maximum absolute atomic E-state index is 5.16. The molecular formula is C18H29N3O. The number of methoxy groups -OCH3 is 1. The molecule has 0 amide bonds. The number of rotatable bonds is 5. The third-order valence-electron chi connectivity index (χ3n) is 5.17. The van der Waals surface area contributed by atoms with Crippen molar-refractivity contribution in [3.63, 3.8) is 0 Å². The SMILES string of the molecule is COCc1nccc(C2CCCN(CC3CCCCC3)C2)n1. The summed E-state index contributed by atoms with van der Waals surface area (Å²) in [6, 6.07) is 2.09. The van der Waals surface area contributed by atoms with E-state index in [0.717, 1.165) is 11.7 Å². The topological polar surface area (TPSA) is 38.2 Å². The van der Waals surface area contributed by atoms with Crippen molar-refractivity contribution in [2.75, 3.05) is 26.7 Å². The summed E-state index contributed by atoms with van der Waals surface area (Å²) in [5, 5.41) is 0. The van der Waals surface area contributed by atoms with Gasteiger partial charge in [-0.25, -0.2) is 9.97 Å². The standard InChI is InChI=1S/C18H29N3O/c1-22-14-18-19-10-9-17(20-18)16-8-5-11-21(13-16)12-15-6-3-2-4-7-15/h9-10,15-16H,2-8,11-14H2,1H3. The fourth-order valence-electron chi connectivity index (χ4n) is 4.04. The lowest BCUT2D eigenvalue weighted by Crippen LogP contribution is -2.38. The largest absolute Gasteiger partial charge is 0.377 e. The van der Waals surface area contributed by atoms with Crippen LogP contribution in [-0.2, 0) is 11.3 Å². The third kappa shape index (κ3) is 4.26. The molecule has 1 aliphatic heterocycles. The summed E-state index contributed by atoms with van der Waals surface area (Å²) >= 11 is 0. The second-order valence-corrected chi connectivity index (χ2v) is 6.93. The number of hydrogen-bond acceptors (Lipinski definition) is 4. The molecule has 1 saturated heterocycles. The lowest BCUT2D eigenvalue weighted by Gasteiger charge is -2.35. The van der Waals surface area contributed by atoms with Crippen molar-refractivity contribution >= 4 is 0 Å². The van der Waals surface area contributed by atoms with Crippen molar-refractivity contribution < 1.29 is 4.74 Å². The average Bonchev–Trinajstić information content (AvgIpc) is 2.57. The quantitative estimate of drug-likeness (QED) is 0.836. The molecule has 1 aromatic rings. The van der Waals surface area contributed by atoms with Gasteiger partial charge in [0.15, 0.2) is 5.82 Å². The summed E-state index contributed by atoms with van der Waals surface area (Å²) in [7, 11) is 1.70. The summed E-state index contributed by atoms with van der Waals surface area (Å²) in [4.78, 5) is 11.7. The highest BCUT2D eigenvalue weighted by Gasteiger charge is 2.25. The Morgan fingerprint density at radius 1 is 1.18 bits per heavy atom. The molecule has 22 heavy (non-hydrogen) atoms. The molecular weight excluding hydrogens is 274 g/mol. The summed E-state index contributed by atoms with van der Waals surface area (Å²) in [6.45, 7) is 4.24. The van der Waals surface area contributed by atoms with Gasteiger partial charge >= 0.3 is 0 Å². The number of aromatic nitrogens is 2. The minimum atomic E-state index is 0.506. The molecule has 2 heterocycles. The Bertz CT molecular complexity index is 459. The molecule has 0 aromatic carbocycles. The maximum Gasteiger partial charge on any atom is 0.154 e. The van der Waals surface area contributed by atoms with E-state index in [2.05, 4.69) is 16.0 Å². The monoisotopic (exact) mass is 303 g/mol. The summed E-state index contributed by atoms with van der Waals surface area (Å²) in [5.74, 6) is 2.31. The Balaban J connectivity index is 1.58. The second-order valence-electron chi connectivity index (χ2n) is 6.93. The van der Waals surface area contributed by atoms with Gasteiger partial charge in [0.05, 0.1) is 0 Å². The Kier molecular flexibility index (Phi) is 5.79. The van der Waals surface area contributed by atoms with Crippen molar-refractivity contribution in [2.45, 2.75) is 57.5 Å². The molecule has 1 unspecified atom stereocenters. The van der Waals surface area contributed by atoms with E-state index in [1.165, 1.54) is 70.3 Å². The molecule has 2 aliphatic rings. The van der Waals surface area contributed by atoms with Crippen molar-refractivity contribution in [1.29, 1.82) is 0 Å². The van der Waals surface area contributed by atoms with Crippen LogP contribution < -0.4 is 0 Å². The van der Waals surface area contributed by atoms with Gasteiger partial charge in [0.25, 0.3) is 0 Å². The van der Waals surface area contributed by atoms with Gasteiger partial charge in [-0.2, -0.15) is 0 Å². The van der Waals surface area contributed by atoms with E-state index in [1.807, 2.05) is 6.20 Å². The van der Waals surface area contributed by atoms with Crippen LogP contribution in [0.25, 0.3) is 0 Å². The molecule has 2 fully saturated rings. The maximum atomic E-state index is 5.16. The molecule has 4 nitrogen and oxygen atoms in total. The van der Waals surface area contributed by atoms with Gasteiger partial charge in [-0.1, -0.05) is 19.3 Å². The van der Waals surface area contributed by atoms with E-state index in [1.54, 1.807) is 7.11 Å². The van der Waals surface area contributed by atoms with Gasteiger partial charge in [0.2, 0.25) is 0 Å². The van der Waals surface area contributed by atoms with E-state index in [4.69, 9.17) is 9.72 Å². The number of likely N-dealkylation sites (tertiary alicyclic amines) is 1. The molecule has 3 rings (SSSR count). The lowest BCUT2D eigenvalue weighted by atomic mass is 9.87. The molecule has 4 heteroatoms. The Morgan fingerprint density at radius 2 is 2.05 bits per heavy atom. The van der Waals surface area contributed by atoms with E-state index < -0.39 is 0 Å².